The monoisotopic (exact) mass is 295 g/mol. The van der Waals surface area contributed by atoms with Crippen molar-refractivity contribution in [3.05, 3.63) is 33.9 Å². The van der Waals surface area contributed by atoms with Crippen molar-refractivity contribution in [2.24, 2.45) is 0 Å². The van der Waals surface area contributed by atoms with Crippen molar-refractivity contribution >= 4 is 23.3 Å². The molecule has 1 atom stereocenters. The molecule has 8 nitrogen and oxygen atoms in total. The van der Waals surface area contributed by atoms with Crippen molar-refractivity contribution < 1.29 is 19.6 Å². The highest BCUT2D eigenvalue weighted by molar-refractivity contribution is 5.95. The number of carbonyl (C=O) groups excluding carboxylic acids is 1. The molecular weight excluding hydrogens is 278 g/mol. The molecule has 0 saturated heterocycles. The number of nitro benzene ring substituents is 1. The van der Waals surface area contributed by atoms with Gasteiger partial charge in [-0.15, -0.1) is 0 Å². The van der Waals surface area contributed by atoms with Crippen molar-refractivity contribution in [1.82, 2.24) is 5.32 Å². The van der Waals surface area contributed by atoms with E-state index in [4.69, 9.17) is 5.11 Å². The molecule has 0 saturated carbocycles. The number of carboxylic acids is 1. The Kier molecular flexibility index (Phi) is 5.23. The smallest absolute Gasteiger partial charge is 0.326 e. The molecule has 0 spiro atoms. The van der Waals surface area contributed by atoms with Crippen LogP contribution < -0.4 is 10.2 Å². The fourth-order valence-electron chi connectivity index (χ4n) is 2.04. The molecule has 0 radical (unpaired) electrons. The molecule has 1 unspecified atom stereocenters. The Morgan fingerprint density at radius 1 is 1.48 bits per heavy atom. The molecule has 0 aliphatic carbocycles. The third-order valence-corrected chi connectivity index (χ3v) is 3.18. The zero-order valence-corrected chi connectivity index (χ0v) is 12.0. The number of benzene rings is 1. The quantitative estimate of drug-likeness (QED) is 0.603. The first-order valence-electron chi connectivity index (χ1n) is 6.29. The number of aliphatic carboxylic acids is 1. The minimum Gasteiger partial charge on any atom is -0.480 e. The first-order valence-corrected chi connectivity index (χ1v) is 6.29. The summed E-state index contributed by atoms with van der Waals surface area (Å²) in [6, 6.07) is 3.06. The van der Waals surface area contributed by atoms with Gasteiger partial charge in [0.1, 0.15) is 11.7 Å². The average Bonchev–Trinajstić information content (AvgIpc) is 2.45. The summed E-state index contributed by atoms with van der Waals surface area (Å²) in [6.45, 7) is 1.68. The van der Waals surface area contributed by atoms with E-state index in [1.807, 2.05) is 0 Å². The second kappa shape index (κ2) is 6.69. The number of carboxylic acid groups (broad SMARTS) is 1. The van der Waals surface area contributed by atoms with Crippen molar-refractivity contribution in [2.75, 3.05) is 19.0 Å². The van der Waals surface area contributed by atoms with Crippen LogP contribution in [0.4, 0.5) is 11.4 Å². The molecule has 2 N–H and O–H groups in total. The van der Waals surface area contributed by atoms with Crippen LogP contribution in [0.5, 0.6) is 0 Å². The van der Waals surface area contributed by atoms with Crippen LogP contribution in [0.15, 0.2) is 18.2 Å². The van der Waals surface area contributed by atoms with Crippen molar-refractivity contribution in [1.29, 1.82) is 0 Å². The zero-order valence-electron chi connectivity index (χ0n) is 12.0. The Morgan fingerprint density at radius 2 is 2.10 bits per heavy atom. The summed E-state index contributed by atoms with van der Waals surface area (Å²) in [4.78, 5) is 34.6. The molecule has 1 amide bonds. The van der Waals surface area contributed by atoms with Crippen LogP contribution in [0.1, 0.15) is 23.7 Å². The van der Waals surface area contributed by atoms with Crippen LogP contribution in [0.25, 0.3) is 0 Å². The van der Waals surface area contributed by atoms with Gasteiger partial charge >= 0.3 is 5.97 Å². The first kappa shape index (κ1) is 16.4. The Hall–Kier alpha value is -2.64. The molecule has 1 aromatic carbocycles. The molecule has 114 valence electrons. The molecule has 1 rings (SSSR count). The van der Waals surface area contributed by atoms with Crippen LogP contribution in [0, 0.1) is 10.1 Å². The number of nitro groups is 1. The van der Waals surface area contributed by atoms with Crippen LogP contribution in [-0.4, -0.2) is 42.0 Å². The Labute approximate surface area is 121 Å². The molecule has 0 aromatic heterocycles. The first-order chi connectivity index (χ1) is 9.83. The predicted molar refractivity (Wildman–Crippen MR) is 76.6 cm³/mol. The lowest BCUT2D eigenvalue weighted by Crippen LogP contribution is -2.38. The van der Waals surface area contributed by atoms with E-state index in [2.05, 4.69) is 5.32 Å². The van der Waals surface area contributed by atoms with E-state index in [1.165, 1.54) is 31.1 Å². The Balaban J connectivity index is 3.32. The number of nitrogens with zero attached hydrogens (tertiary/aromatic N) is 2. The average molecular weight is 295 g/mol. The van der Waals surface area contributed by atoms with E-state index >= 15 is 0 Å². The highest BCUT2D eigenvalue weighted by Crippen LogP contribution is 2.30. The molecule has 1 aromatic rings. The second-order valence-corrected chi connectivity index (χ2v) is 4.41. The van der Waals surface area contributed by atoms with Crippen LogP contribution in [0.2, 0.25) is 0 Å². The van der Waals surface area contributed by atoms with Crippen molar-refractivity contribution in [2.45, 2.75) is 19.4 Å². The van der Waals surface area contributed by atoms with Crippen molar-refractivity contribution in [3.8, 4) is 0 Å². The van der Waals surface area contributed by atoms with Gasteiger partial charge in [0, 0.05) is 25.7 Å². The van der Waals surface area contributed by atoms with Crippen LogP contribution >= 0.6 is 0 Å². The highest BCUT2D eigenvalue weighted by atomic mass is 16.6. The van der Waals surface area contributed by atoms with E-state index < -0.39 is 22.8 Å². The lowest BCUT2D eigenvalue weighted by Gasteiger charge is -2.25. The largest absolute Gasteiger partial charge is 0.480 e. The maximum atomic E-state index is 11.5. The van der Waals surface area contributed by atoms with E-state index in [-0.39, 0.29) is 16.9 Å². The second-order valence-electron chi connectivity index (χ2n) is 4.41. The summed E-state index contributed by atoms with van der Waals surface area (Å²) in [7, 11) is 2.90. The molecule has 0 heterocycles. The van der Waals surface area contributed by atoms with Gasteiger partial charge in [-0.3, -0.25) is 14.9 Å². The minimum atomic E-state index is -1.07. The van der Waals surface area contributed by atoms with Gasteiger partial charge in [-0.2, -0.15) is 0 Å². The standard InChI is InChI=1S/C13H17N3O5/c1-4-9(13(18)19)15(3)10-6-5-8(12(17)14-2)7-11(10)16(20)21/h5-7,9H,4H2,1-3H3,(H,14,17)(H,18,19). The summed E-state index contributed by atoms with van der Waals surface area (Å²) in [6.07, 6.45) is 0.292. The summed E-state index contributed by atoms with van der Waals surface area (Å²) in [5, 5.41) is 22.7. The van der Waals surface area contributed by atoms with Gasteiger partial charge in [-0.1, -0.05) is 6.92 Å². The van der Waals surface area contributed by atoms with Crippen LogP contribution in [0.3, 0.4) is 0 Å². The van der Waals surface area contributed by atoms with Gasteiger partial charge < -0.3 is 15.3 Å². The van der Waals surface area contributed by atoms with Gasteiger partial charge in [-0.25, -0.2) is 4.79 Å². The maximum Gasteiger partial charge on any atom is 0.326 e. The predicted octanol–water partition coefficient (Wildman–Crippen LogP) is 1.25. The number of rotatable bonds is 6. The van der Waals surface area contributed by atoms with Gasteiger partial charge in [0.25, 0.3) is 11.6 Å². The minimum absolute atomic E-state index is 0.143. The topological polar surface area (TPSA) is 113 Å². The fraction of sp³-hybridized carbons (Fsp3) is 0.385. The SMILES string of the molecule is CCC(C(=O)O)N(C)c1ccc(C(=O)NC)cc1[N+](=O)[O-]. The molecule has 8 heteroatoms. The summed E-state index contributed by atoms with van der Waals surface area (Å²) in [5.41, 5.74) is -0.00933. The summed E-state index contributed by atoms with van der Waals surface area (Å²) >= 11 is 0. The molecule has 0 bridgehead atoms. The Morgan fingerprint density at radius 3 is 2.52 bits per heavy atom. The molecule has 21 heavy (non-hydrogen) atoms. The zero-order chi connectivity index (χ0) is 16.2. The fourth-order valence-corrected chi connectivity index (χ4v) is 2.04. The Bertz CT molecular complexity index is 573. The maximum absolute atomic E-state index is 11.5. The summed E-state index contributed by atoms with van der Waals surface area (Å²) in [5.74, 6) is -1.51. The normalized spacial score (nSPS) is 11.6. The van der Waals surface area contributed by atoms with Gasteiger partial charge in [0.2, 0.25) is 0 Å². The lowest BCUT2D eigenvalue weighted by molar-refractivity contribution is -0.384. The lowest BCUT2D eigenvalue weighted by atomic mass is 10.1. The highest BCUT2D eigenvalue weighted by Gasteiger charge is 2.27. The van der Waals surface area contributed by atoms with Crippen molar-refractivity contribution in [3.63, 3.8) is 0 Å². The van der Waals surface area contributed by atoms with E-state index in [0.29, 0.717) is 6.42 Å². The van der Waals surface area contributed by atoms with Gasteiger partial charge in [0.15, 0.2) is 0 Å². The number of amides is 1. The third kappa shape index (κ3) is 3.47. The number of anilines is 1. The van der Waals surface area contributed by atoms with E-state index in [1.54, 1.807) is 6.92 Å². The number of carbonyl (C=O) groups is 2. The molecule has 0 fully saturated rings. The van der Waals surface area contributed by atoms with Gasteiger partial charge in [-0.05, 0) is 18.6 Å². The van der Waals surface area contributed by atoms with Crippen LogP contribution in [-0.2, 0) is 4.79 Å². The van der Waals surface area contributed by atoms with Gasteiger partial charge in [0.05, 0.1) is 4.92 Å². The summed E-state index contributed by atoms with van der Waals surface area (Å²) < 4.78 is 0. The number of hydrogen-bond donors (Lipinski definition) is 2. The molecule has 0 aliphatic heterocycles. The third-order valence-electron chi connectivity index (χ3n) is 3.18. The van der Waals surface area contributed by atoms with E-state index in [0.717, 1.165) is 6.07 Å². The number of hydrogen-bond acceptors (Lipinski definition) is 5. The number of likely N-dealkylation sites (N-methyl/N-ethyl adjacent to an activating group) is 1. The van der Waals surface area contributed by atoms with E-state index in [9.17, 15) is 19.7 Å². The molecular formula is C13H17N3O5. The number of nitrogens with one attached hydrogen (secondary N) is 1. The molecule has 0 aliphatic rings.